The van der Waals surface area contributed by atoms with Crippen molar-refractivity contribution >= 4 is 17.6 Å². The summed E-state index contributed by atoms with van der Waals surface area (Å²) in [6.45, 7) is 4.50. The highest BCUT2D eigenvalue weighted by molar-refractivity contribution is 5.94. The van der Waals surface area contributed by atoms with Crippen molar-refractivity contribution in [1.82, 2.24) is 5.16 Å². The molecule has 2 rings (SSSR count). The second kappa shape index (κ2) is 6.38. The molecule has 0 aliphatic carbocycles. The minimum absolute atomic E-state index is 0.0263. The van der Waals surface area contributed by atoms with E-state index in [1.807, 2.05) is 0 Å². The van der Waals surface area contributed by atoms with Gasteiger partial charge in [-0.15, -0.1) is 0 Å². The summed E-state index contributed by atoms with van der Waals surface area (Å²) in [6.07, 6.45) is -0.881. The number of aromatic nitrogens is 1. The van der Waals surface area contributed by atoms with E-state index in [1.54, 1.807) is 13.0 Å². The average Bonchev–Trinajstić information content (AvgIpc) is 2.83. The zero-order chi connectivity index (χ0) is 16.3. The zero-order valence-corrected chi connectivity index (χ0v) is 12.3. The molecule has 7 heteroatoms. The SMILES string of the molecule is CC(=O)c1ccc(O[C@@H](C)C(=O)Nc2cc(C)no2)cc1F. The summed E-state index contributed by atoms with van der Waals surface area (Å²) in [5, 5.41) is 6.12. The van der Waals surface area contributed by atoms with Crippen molar-refractivity contribution in [1.29, 1.82) is 0 Å². The third-order valence-electron chi connectivity index (χ3n) is 2.88. The molecule has 6 nitrogen and oxygen atoms in total. The Bertz CT molecular complexity index is 711. The van der Waals surface area contributed by atoms with Crippen LogP contribution in [0.5, 0.6) is 5.75 Å². The molecule has 0 radical (unpaired) electrons. The zero-order valence-electron chi connectivity index (χ0n) is 12.3. The number of amides is 1. The minimum atomic E-state index is -0.881. The monoisotopic (exact) mass is 306 g/mol. The van der Waals surface area contributed by atoms with Gasteiger partial charge in [0.2, 0.25) is 5.88 Å². The summed E-state index contributed by atoms with van der Waals surface area (Å²) < 4.78 is 23.9. The Kier molecular flexibility index (Phi) is 4.55. The maximum absolute atomic E-state index is 13.7. The van der Waals surface area contributed by atoms with Crippen LogP contribution >= 0.6 is 0 Å². The van der Waals surface area contributed by atoms with Gasteiger partial charge in [0.25, 0.3) is 5.91 Å². The molecule has 0 unspecified atom stereocenters. The van der Waals surface area contributed by atoms with Crippen LogP contribution < -0.4 is 10.1 Å². The van der Waals surface area contributed by atoms with E-state index in [9.17, 15) is 14.0 Å². The summed E-state index contributed by atoms with van der Waals surface area (Å²) in [7, 11) is 0. The van der Waals surface area contributed by atoms with Gasteiger partial charge in [0, 0.05) is 12.1 Å². The first-order valence-electron chi connectivity index (χ1n) is 6.58. The van der Waals surface area contributed by atoms with Crippen LogP contribution in [0, 0.1) is 12.7 Å². The lowest BCUT2D eigenvalue weighted by atomic mass is 10.1. The van der Waals surface area contributed by atoms with Crippen LogP contribution in [0.2, 0.25) is 0 Å². The van der Waals surface area contributed by atoms with Crippen LogP contribution in [0.1, 0.15) is 29.9 Å². The maximum atomic E-state index is 13.7. The largest absolute Gasteiger partial charge is 0.481 e. The van der Waals surface area contributed by atoms with E-state index in [-0.39, 0.29) is 23.0 Å². The number of nitrogens with one attached hydrogen (secondary N) is 1. The van der Waals surface area contributed by atoms with Gasteiger partial charge in [-0.25, -0.2) is 4.39 Å². The van der Waals surface area contributed by atoms with Crippen LogP contribution in [0.15, 0.2) is 28.8 Å². The Morgan fingerprint density at radius 2 is 2.09 bits per heavy atom. The maximum Gasteiger partial charge on any atom is 0.267 e. The normalized spacial score (nSPS) is 11.8. The molecular formula is C15H15FN2O4. The standard InChI is InChI=1S/C15H15FN2O4/c1-8-6-14(22-18-8)17-15(20)10(3)21-11-4-5-12(9(2)19)13(16)7-11/h4-7,10H,1-3H3,(H,17,20)/t10-/m0/s1. The Balaban J connectivity index is 2.02. The first kappa shape index (κ1) is 15.7. The molecule has 116 valence electrons. The lowest BCUT2D eigenvalue weighted by molar-refractivity contribution is -0.122. The predicted molar refractivity (Wildman–Crippen MR) is 76.4 cm³/mol. The molecule has 0 saturated carbocycles. The highest BCUT2D eigenvalue weighted by Crippen LogP contribution is 2.19. The number of nitrogens with zero attached hydrogens (tertiary/aromatic N) is 1. The van der Waals surface area contributed by atoms with E-state index in [4.69, 9.17) is 9.26 Å². The number of Topliss-reactive ketones (excluding diaryl/α,β-unsaturated/α-hetero) is 1. The van der Waals surface area contributed by atoms with Crippen molar-refractivity contribution in [2.24, 2.45) is 0 Å². The highest BCUT2D eigenvalue weighted by atomic mass is 19.1. The van der Waals surface area contributed by atoms with Gasteiger partial charge >= 0.3 is 0 Å². The lowest BCUT2D eigenvalue weighted by Crippen LogP contribution is -2.30. The fraction of sp³-hybridized carbons (Fsp3) is 0.267. The number of halogens is 1. The van der Waals surface area contributed by atoms with Crippen molar-refractivity contribution in [2.75, 3.05) is 5.32 Å². The smallest absolute Gasteiger partial charge is 0.267 e. The third-order valence-corrected chi connectivity index (χ3v) is 2.88. The quantitative estimate of drug-likeness (QED) is 0.859. The Morgan fingerprint density at radius 3 is 2.64 bits per heavy atom. The minimum Gasteiger partial charge on any atom is -0.481 e. The second-order valence-corrected chi connectivity index (χ2v) is 4.78. The van der Waals surface area contributed by atoms with Gasteiger partial charge in [0.1, 0.15) is 11.6 Å². The van der Waals surface area contributed by atoms with Crippen molar-refractivity contribution in [3.8, 4) is 5.75 Å². The Morgan fingerprint density at radius 1 is 1.36 bits per heavy atom. The number of ketones is 1. The number of anilines is 1. The number of aryl methyl sites for hydroxylation is 1. The number of ether oxygens (including phenoxy) is 1. The summed E-state index contributed by atoms with van der Waals surface area (Å²) in [5.41, 5.74) is 0.604. The van der Waals surface area contributed by atoms with Crippen molar-refractivity contribution < 1.29 is 23.2 Å². The number of rotatable bonds is 5. The number of hydrogen-bond acceptors (Lipinski definition) is 5. The summed E-state index contributed by atoms with van der Waals surface area (Å²) in [4.78, 5) is 23.1. The van der Waals surface area contributed by atoms with E-state index in [0.717, 1.165) is 6.07 Å². The van der Waals surface area contributed by atoms with Crippen molar-refractivity contribution in [3.63, 3.8) is 0 Å². The van der Waals surface area contributed by atoms with E-state index in [0.29, 0.717) is 5.69 Å². The third kappa shape index (κ3) is 3.69. The van der Waals surface area contributed by atoms with Gasteiger partial charge in [-0.2, -0.15) is 0 Å². The Labute approximate surface area is 126 Å². The lowest BCUT2D eigenvalue weighted by Gasteiger charge is -2.14. The second-order valence-electron chi connectivity index (χ2n) is 4.78. The molecule has 0 fully saturated rings. The summed E-state index contributed by atoms with van der Waals surface area (Å²) in [5.74, 6) is -1.18. The van der Waals surface area contributed by atoms with Crippen LogP contribution in [0.25, 0.3) is 0 Å². The molecule has 0 aliphatic rings. The van der Waals surface area contributed by atoms with Gasteiger partial charge < -0.3 is 9.26 Å². The fourth-order valence-electron chi connectivity index (χ4n) is 1.76. The number of carbonyl (C=O) groups excluding carboxylic acids is 2. The molecule has 22 heavy (non-hydrogen) atoms. The molecule has 1 heterocycles. The number of carbonyl (C=O) groups is 2. The molecule has 2 aromatic rings. The molecule has 0 bridgehead atoms. The van der Waals surface area contributed by atoms with Crippen LogP contribution in [-0.4, -0.2) is 23.0 Å². The summed E-state index contributed by atoms with van der Waals surface area (Å²) in [6, 6.07) is 5.38. The summed E-state index contributed by atoms with van der Waals surface area (Å²) >= 11 is 0. The molecule has 0 aliphatic heterocycles. The molecule has 1 aromatic heterocycles. The molecule has 1 amide bonds. The molecular weight excluding hydrogens is 291 g/mol. The topological polar surface area (TPSA) is 81.4 Å². The fourth-order valence-corrected chi connectivity index (χ4v) is 1.76. The van der Waals surface area contributed by atoms with Gasteiger partial charge in [-0.1, -0.05) is 5.16 Å². The van der Waals surface area contributed by atoms with Crippen LogP contribution in [0.4, 0.5) is 10.3 Å². The van der Waals surface area contributed by atoms with E-state index in [2.05, 4.69) is 10.5 Å². The predicted octanol–water partition coefficient (Wildman–Crippen LogP) is 2.73. The van der Waals surface area contributed by atoms with Gasteiger partial charge in [0.15, 0.2) is 11.9 Å². The van der Waals surface area contributed by atoms with Crippen molar-refractivity contribution in [3.05, 3.63) is 41.3 Å². The van der Waals surface area contributed by atoms with E-state index in [1.165, 1.54) is 26.0 Å². The highest BCUT2D eigenvalue weighted by Gasteiger charge is 2.18. The Hall–Kier alpha value is -2.70. The van der Waals surface area contributed by atoms with E-state index >= 15 is 0 Å². The van der Waals surface area contributed by atoms with Gasteiger partial charge in [-0.05, 0) is 32.9 Å². The first-order chi connectivity index (χ1) is 10.4. The molecule has 0 saturated heterocycles. The van der Waals surface area contributed by atoms with Crippen LogP contribution in [0.3, 0.4) is 0 Å². The van der Waals surface area contributed by atoms with Gasteiger partial charge in [0.05, 0.1) is 11.3 Å². The van der Waals surface area contributed by atoms with Gasteiger partial charge in [-0.3, -0.25) is 14.9 Å². The van der Waals surface area contributed by atoms with Crippen molar-refractivity contribution in [2.45, 2.75) is 26.9 Å². The van der Waals surface area contributed by atoms with E-state index < -0.39 is 17.8 Å². The molecule has 1 aromatic carbocycles. The molecule has 1 atom stereocenters. The molecule has 0 spiro atoms. The number of benzene rings is 1. The first-order valence-corrected chi connectivity index (χ1v) is 6.58. The molecule has 1 N–H and O–H groups in total. The van der Waals surface area contributed by atoms with Crippen LogP contribution in [-0.2, 0) is 4.79 Å². The average molecular weight is 306 g/mol. The number of hydrogen-bond donors (Lipinski definition) is 1.